The summed E-state index contributed by atoms with van der Waals surface area (Å²) in [6.07, 6.45) is 8.09. The number of halogens is 1. The molecule has 2 rings (SSSR count). The Balaban J connectivity index is 2.21. The lowest BCUT2D eigenvalue weighted by molar-refractivity contribution is 0.381. The lowest BCUT2D eigenvalue weighted by Crippen LogP contribution is -2.22. The zero-order valence-electron chi connectivity index (χ0n) is 11.5. The van der Waals surface area contributed by atoms with Crippen molar-refractivity contribution in [3.63, 3.8) is 0 Å². The first-order valence-corrected chi connectivity index (χ1v) is 7.91. The van der Waals surface area contributed by atoms with Gasteiger partial charge in [-0.1, -0.05) is 47.7 Å². The molecule has 1 aliphatic carbocycles. The molecule has 1 fully saturated rings. The molecule has 1 aromatic rings. The molecular weight excluding hydrogens is 286 g/mol. The Labute approximate surface area is 119 Å². The van der Waals surface area contributed by atoms with Crippen LogP contribution in [0.25, 0.3) is 0 Å². The van der Waals surface area contributed by atoms with Crippen LogP contribution in [0.1, 0.15) is 61.3 Å². The van der Waals surface area contributed by atoms with Crippen molar-refractivity contribution in [2.75, 3.05) is 0 Å². The number of hydrogen-bond acceptors (Lipinski definition) is 1. The third kappa shape index (κ3) is 3.16. The van der Waals surface area contributed by atoms with E-state index in [1.54, 1.807) is 0 Å². The SMILES string of the molecule is Cc1cc(C(N)C2CCCCCC2)c(C)cc1Br. The molecule has 18 heavy (non-hydrogen) atoms. The minimum absolute atomic E-state index is 0.217. The van der Waals surface area contributed by atoms with Crippen molar-refractivity contribution >= 4 is 15.9 Å². The molecule has 0 amide bonds. The van der Waals surface area contributed by atoms with Gasteiger partial charge in [-0.05, 0) is 55.4 Å². The number of rotatable bonds is 2. The van der Waals surface area contributed by atoms with Gasteiger partial charge >= 0.3 is 0 Å². The summed E-state index contributed by atoms with van der Waals surface area (Å²) in [6.45, 7) is 4.32. The second kappa shape index (κ2) is 6.21. The van der Waals surface area contributed by atoms with Gasteiger partial charge in [0, 0.05) is 10.5 Å². The molecule has 0 bridgehead atoms. The summed E-state index contributed by atoms with van der Waals surface area (Å²) in [5.74, 6) is 0.673. The van der Waals surface area contributed by atoms with Gasteiger partial charge in [0.25, 0.3) is 0 Å². The molecule has 1 unspecified atom stereocenters. The average Bonchev–Trinajstić information content (AvgIpc) is 2.61. The zero-order chi connectivity index (χ0) is 13.1. The van der Waals surface area contributed by atoms with E-state index in [2.05, 4.69) is 41.9 Å². The molecule has 1 aromatic carbocycles. The van der Waals surface area contributed by atoms with Crippen molar-refractivity contribution in [2.45, 2.75) is 58.4 Å². The van der Waals surface area contributed by atoms with Gasteiger partial charge < -0.3 is 5.73 Å². The largest absolute Gasteiger partial charge is 0.324 e. The summed E-state index contributed by atoms with van der Waals surface area (Å²) in [5.41, 5.74) is 10.5. The Kier molecular flexibility index (Phi) is 4.85. The first-order valence-electron chi connectivity index (χ1n) is 7.12. The molecule has 0 radical (unpaired) electrons. The smallest absolute Gasteiger partial charge is 0.0326 e. The minimum atomic E-state index is 0.217. The standard InChI is InChI=1S/C16H24BrN/c1-11-10-15(17)12(2)9-14(11)16(18)13-7-5-3-4-6-8-13/h9-10,13,16H,3-8,18H2,1-2H3. The van der Waals surface area contributed by atoms with Gasteiger partial charge in [0.1, 0.15) is 0 Å². The molecule has 0 aromatic heterocycles. The summed E-state index contributed by atoms with van der Waals surface area (Å²) in [6, 6.07) is 4.70. The zero-order valence-corrected chi connectivity index (χ0v) is 13.1. The van der Waals surface area contributed by atoms with Gasteiger partial charge in [0.2, 0.25) is 0 Å². The Bertz CT molecular complexity index is 406. The Morgan fingerprint density at radius 3 is 2.28 bits per heavy atom. The van der Waals surface area contributed by atoms with Gasteiger partial charge in [-0.15, -0.1) is 0 Å². The van der Waals surface area contributed by atoms with Crippen molar-refractivity contribution in [1.82, 2.24) is 0 Å². The van der Waals surface area contributed by atoms with Crippen LogP contribution < -0.4 is 5.73 Å². The van der Waals surface area contributed by atoms with E-state index in [4.69, 9.17) is 5.73 Å². The molecule has 1 saturated carbocycles. The van der Waals surface area contributed by atoms with Crippen molar-refractivity contribution < 1.29 is 0 Å². The quantitative estimate of drug-likeness (QED) is 0.761. The third-order valence-corrected chi connectivity index (χ3v) is 5.17. The van der Waals surface area contributed by atoms with Gasteiger partial charge in [0.05, 0.1) is 0 Å². The molecule has 0 spiro atoms. The van der Waals surface area contributed by atoms with Crippen LogP contribution in [0.4, 0.5) is 0 Å². The molecule has 0 saturated heterocycles. The third-order valence-electron chi connectivity index (χ3n) is 4.31. The highest BCUT2D eigenvalue weighted by molar-refractivity contribution is 9.10. The monoisotopic (exact) mass is 309 g/mol. The minimum Gasteiger partial charge on any atom is -0.324 e. The fraction of sp³-hybridized carbons (Fsp3) is 0.625. The van der Waals surface area contributed by atoms with Crippen molar-refractivity contribution in [2.24, 2.45) is 11.7 Å². The summed E-state index contributed by atoms with van der Waals surface area (Å²) < 4.78 is 1.19. The second-order valence-corrected chi connectivity index (χ2v) is 6.59. The van der Waals surface area contributed by atoms with E-state index in [1.807, 2.05) is 0 Å². The van der Waals surface area contributed by atoms with E-state index >= 15 is 0 Å². The lowest BCUT2D eigenvalue weighted by atomic mass is 9.85. The van der Waals surface area contributed by atoms with E-state index in [0.717, 1.165) is 0 Å². The van der Waals surface area contributed by atoms with Crippen LogP contribution in [-0.4, -0.2) is 0 Å². The van der Waals surface area contributed by atoms with Crippen LogP contribution in [0.5, 0.6) is 0 Å². The summed E-state index contributed by atoms with van der Waals surface area (Å²) in [4.78, 5) is 0. The van der Waals surface area contributed by atoms with Crippen LogP contribution in [-0.2, 0) is 0 Å². The number of hydrogen-bond donors (Lipinski definition) is 1. The van der Waals surface area contributed by atoms with E-state index in [0.29, 0.717) is 5.92 Å². The molecular formula is C16H24BrN. The van der Waals surface area contributed by atoms with E-state index in [9.17, 15) is 0 Å². The summed E-state index contributed by atoms with van der Waals surface area (Å²) in [5, 5.41) is 0. The molecule has 100 valence electrons. The van der Waals surface area contributed by atoms with E-state index in [-0.39, 0.29) is 6.04 Å². The van der Waals surface area contributed by atoms with Crippen molar-refractivity contribution in [3.05, 3.63) is 33.3 Å². The van der Waals surface area contributed by atoms with Crippen LogP contribution in [0.3, 0.4) is 0 Å². The highest BCUT2D eigenvalue weighted by atomic mass is 79.9. The summed E-state index contributed by atoms with van der Waals surface area (Å²) >= 11 is 3.60. The lowest BCUT2D eigenvalue weighted by Gasteiger charge is -2.25. The predicted molar refractivity (Wildman–Crippen MR) is 81.7 cm³/mol. The second-order valence-electron chi connectivity index (χ2n) is 5.74. The molecule has 2 heteroatoms. The van der Waals surface area contributed by atoms with E-state index in [1.165, 1.54) is 59.7 Å². The maximum Gasteiger partial charge on any atom is 0.0326 e. The van der Waals surface area contributed by atoms with Gasteiger partial charge in [-0.3, -0.25) is 0 Å². The maximum absolute atomic E-state index is 6.54. The predicted octanol–water partition coefficient (Wildman–Crippen LogP) is 5.04. The molecule has 2 N–H and O–H groups in total. The Hall–Kier alpha value is -0.340. The Morgan fingerprint density at radius 1 is 1.06 bits per heavy atom. The van der Waals surface area contributed by atoms with Crippen molar-refractivity contribution in [3.8, 4) is 0 Å². The van der Waals surface area contributed by atoms with Crippen molar-refractivity contribution in [1.29, 1.82) is 0 Å². The number of nitrogens with two attached hydrogens (primary N) is 1. The van der Waals surface area contributed by atoms with Gasteiger partial charge in [0.15, 0.2) is 0 Å². The summed E-state index contributed by atoms with van der Waals surface area (Å²) in [7, 11) is 0. The fourth-order valence-electron chi connectivity index (χ4n) is 3.09. The normalized spacial score (nSPS) is 19.6. The van der Waals surface area contributed by atoms with Crippen LogP contribution >= 0.6 is 15.9 Å². The number of benzene rings is 1. The van der Waals surface area contributed by atoms with E-state index < -0.39 is 0 Å². The number of aryl methyl sites for hydroxylation is 2. The molecule has 0 heterocycles. The maximum atomic E-state index is 6.54. The molecule has 1 nitrogen and oxygen atoms in total. The van der Waals surface area contributed by atoms with Gasteiger partial charge in [-0.25, -0.2) is 0 Å². The topological polar surface area (TPSA) is 26.0 Å². The molecule has 1 aliphatic rings. The Morgan fingerprint density at radius 2 is 1.67 bits per heavy atom. The first kappa shape index (κ1) is 14.1. The fourth-order valence-corrected chi connectivity index (χ4v) is 3.54. The molecule has 0 aliphatic heterocycles. The van der Waals surface area contributed by atoms with Crippen LogP contribution in [0.15, 0.2) is 16.6 Å². The average molecular weight is 310 g/mol. The van der Waals surface area contributed by atoms with Gasteiger partial charge in [-0.2, -0.15) is 0 Å². The van der Waals surface area contributed by atoms with Crippen LogP contribution in [0, 0.1) is 19.8 Å². The van der Waals surface area contributed by atoms with Crippen LogP contribution in [0.2, 0.25) is 0 Å². The highest BCUT2D eigenvalue weighted by Crippen LogP contribution is 2.34. The highest BCUT2D eigenvalue weighted by Gasteiger charge is 2.22. The molecule has 1 atom stereocenters. The first-order chi connectivity index (χ1) is 8.59.